The average molecular weight is 251 g/mol. The molecule has 0 aliphatic carbocycles. The molecule has 0 aliphatic rings. The highest BCUT2D eigenvalue weighted by atomic mass is 19.1. The van der Waals surface area contributed by atoms with Crippen molar-refractivity contribution in [3.8, 4) is 11.3 Å². The Bertz CT molecular complexity index is 576. The van der Waals surface area contributed by atoms with Gasteiger partial charge in [-0.1, -0.05) is 6.92 Å². The third kappa shape index (κ3) is 2.08. The standard InChI is InChI=1S/C13H15F2N3/c1-3-4-11-17-12(13(16)18(11)2)9-6-5-8(14)7-10(9)15/h5-7H,3-4,16H2,1-2H3. The average Bonchev–Trinajstić information content (AvgIpc) is 2.58. The second kappa shape index (κ2) is 4.76. The highest BCUT2D eigenvalue weighted by Crippen LogP contribution is 2.28. The SMILES string of the molecule is CCCc1nc(-c2ccc(F)cc2F)c(N)n1C. The van der Waals surface area contributed by atoms with E-state index in [1.807, 2.05) is 6.92 Å². The Morgan fingerprint density at radius 3 is 2.67 bits per heavy atom. The van der Waals surface area contributed by atoms with Gasteiger partial charge in [0.2, 0.25) is 0 Å². The van der Waals surface area contributed by atoms with Crippen LogP contribution in [0.5, 0.6) is 0 Å². The first-order chi connectivity index (χ1) is 8.54. The van der Waals surface area contributed by atoms with Crippen LogP contribution in [-0.4, -0.2) is 9.55 Å². The lowest BCUT2D eigenvalue weighted by molar-refractivity contribution is 0.585. The summed E-state index contributed by atoms with van der Waals surface area (Å²) < 4.78 is 28.3. The van der Waals surface area contributed by atoms with Crippen molar-refractivity contribution in [1.82, 2.24) is 9.55 Å². The van der Waals surface area contributed by atoms with E-state index in [0.717, 1.165) is 24.7 Å². The van der Waals surface area contributed by atoms with Gasteiger partial charge in [0.15, 0.2) is 0 Å². The third-order valence-electron chi connectivity index (χ3n) is 2.89. The number of rotatable bonds is 3. The second-order valence-corrected chi connectivity index (χ2v) is 4.20. The van der Waals surface area contributed by atoms with Gasteiger partial charge in [0.25, 0.3) is 0 Å². The molecule has 0 spiro atoms. The molecular formula is C13H15F2N3. The van der Waals surface area contributed by atoms with Crippen molar-refractivity contribution in [3.63, 3.8) is 0 Å². The number of nitrogen functional groups attached to an aromatic ring is 1. The lowest BCUT2D eigenvalue weighted by Gasteiger charge is -2.02. The maximum atomic E-state index is 13.7. The number of hydrogen-bond acceptors (Lipinski definition) is 2. The number of halogens is 2. The molecule has 1 aromatic carbocycles. The number of aryl methyl sites for hydroxylation is 1. The fourth-order valence-corrected chi connectivity index (χ4v) is 1.89. The predicted molar refractivity (Wildman–Crippen MR) is 67.0 cm³/mol. The molecule has 0 aliphatic heterocycles. The van der Waals surface area contributed by atoms with E-state index in [1.165, 1.54) is 12.1 Å². The summed E-state index contributed by atoms with van der Waals surface area (Å²) >= 11 is 0. The minimum Gasteiger partial charge on any atom is -0.383 e. The van der Waals surface area contributed by atoms with E-state index in [9.17, 15) is 8.78 Å². The Morgan fingerprint density at radius 1 is 1.33 bits per heavy atom. The zero-order valence-corrected chi connectivity index (χ0v) is 10.4. The van der Waals surface area contributed by atoms with E-state index < -0.39 is 11.6 Å². The van der Waals surface area contributed by atoms with Gasteiger partial charge in [-0.2, -0.15) is 0 Å². The van der Waals surface area contributed by atoms with E-state index in [-0.39, 0.29) is 5.56 Å². The van der Waals surface area contributed by atoms with Crippen LogP contribution in [-0.2, 0) is 13.5 Å². The highest BCUT2D eigenvalue weighted by Gasteiger charge is 2.16. The molecular weight excluding hydrogens is 236 g/mol. The first-order valence-electron chi connectivity index (χ1n) is 5.81. The molecule has 0 atom stereocenters. The predicted octanol–water partition coefficient (Wildman–Crippen LogP) is 2.90. The molecule has 2 N–H and O–H groups in total. The molecule has 2 rings (SSSR count). The van der Waals surface area contributed by atoms with Crippen LogP contribution in [0.3, 0.4) is 0 Å². The first-order valence-corrected chi connectivity index (χ1v) is 5.81. The van der Waals surface area contributed by atoms with Crippen molar-refractivity contribution in [1.29, 1.82) is 0 Å². The summed E-state index contributed by atoms with van der Waals surface area (Å²) in [5.74, 6) is -0.0694. The fraction of sp³-hybridized carbons (Fsp3) is 0.308. The molecule has 1 heterocycles. The number of nitrogens with two attached hydrogens (primary N) is 1. The van der Waals surface area contributed by atoms with Gasteiger partial charge in [-0.05, 0) is 18.6 Å². The van der Waals surface area contributed by atoms with Crippen molar-refractivity contribution in [2.45, 2.75) is 19.8 Å². The normalized spacial score (nSPS) is 10.9. The largest absolute Gasteiger partial charge is 0.383 e. The van der Waals surface area contributed by atoms with E-state index in [4.69, 9.17) is 5.73 Å². The number of aromatic nitrogens is 2. The van der Waals surface area contributed by atoms with Gasteiger partial charge in [0, 0.05) is 25.1 Å². The number of anilines is 1. The molecule has 96 valence electrons. The van der Waals surface area contributed by atoms with Gasteiger partial charge in [0.05, 0.1) is 0 Å². The van der Waals surface area contributed by atoms with E-state index in [0.29, 0.717) is 11.5 Å². The summed E-state index contributed by atoms with van der Waals surface area (Å²) in [5, 5.41) is 0. The van der Waals surface area contributed by atoms with Crippen LogP contribution in [0, 0.1) is 11.6 Å². The van der Waals surface area contributed by atoms with Crippen molar-refractivity contribution in [2.75, 3.05) is 5.73 Å². The Kier molecular flexibility index (Phi) is 3.32. The van der Waals surface area contributed by atoms with E-state index >= 15 is 0 Å². The number of imidazole rings is 1. The molecule has 0 unspecified atom stereocenters. The lowest BCUT2D eigenvalue weighted by atomic mass is 10.1. The van der Waals surface area contributed by atoms with Gasteiger partial charge in [-0.3, -0.25) is 0 Å². The third-order valence-corrected chi connectivity index (χ3v) is 2.89. The van der Waals surface area contributed by atoms with Crippen LogP contribution in [0.2, 0.25) is 0 Å². The summed E-state index contributed by atoms with van der Waals surface area (Å²) in [6, 6.07) is 3.40. The van der Waals surface area contributed by atoms with Crippen molar-refractivity contribution >= 4 is 5.82 Å². The van der Waals surface area contributed by atoms with Crippen LogP contribution >= 0.6 is 0 Å². The van der Waals surface area contributed by atoms with Crippen LogP contribution in [0.15, 0.2) is 18.2 Å². The molecule has 18 heavy (non-hydrogen) atoms. The summed E-state index contributed by atoms with van der Waals surface area (Å²) in [4.78, 5) is 4.34. The minimum atomic E-state index is -0.650. The number of benzene rings is 1. The number of hydrogen-bond donors (Lipinski definition) is 1. The quantitative estimate of drug-likeness (QED) is 0.911. The van der Waals surface area contributed by atoms with Gasteiger partial charge in [-0.25, -0.2) is 13.8 Å². The molecule has 0 saturated heterocycles. The number of nitrogens with zero attached hydrogens (tertiary/aromatic N) is 2. The maximum absolute atomic E-state index is 13.7. The topological polar surface area (TPSA) is 43.8 Å². The monoisotopic (exact) mass is 251 g/mol. The molecule has 0 saturated carbocycles. The molecule has 0 bridgehead atoms. The van der Waals surface area contributed by atoms with E-state index in [2.05, 4.69) is 4.98 Å². The molecule has 0 radical (unpaired) electrons. The zero-order valence-electron chi connectivity index (χ0n) is 10.4. The van der Waals surface area contributed by atoms with Gasteiger partial charge >= 0.3 is 0 Å². The first kappa shape index (κ1) is 12.5. The fourth-order valence-electron chi connectivity index (χ4n) is 1.89. The smallest absolute Gasteiger partial charge is 0.135 e. The second-order valence-electron chi connectivity index (χ2n) is 4.20. The Hall–Kier alpha value is -1.91. The summed E-state index contributed by atoms with van der Waals surface area (Å²) in [6.45, 7) is 2.03. The van der Waals surface area contributed by atoms with Crippen LogP contribution in [0.1, 0.15) is 19.2 Å². The minimum absolute atomic E-state index is 0.229. The summed E-state index contributed by atoms with van der Waals surface area (Å²) in [5.41, 5.74) is 6.51. The summed E-state index contributed by atoms with van der Waals surface area (Å²) in [7, 11) is 1.79. The zero-order chi connectivity index (χ0) is 13.3. The van der Waals surface area contributed by atoms with E-state index in [1.54, 1.807) is 11.6 Å². The molecule has 1 aromatic heterocycles. The highest BCUT2D eigenvalue weighted by molar-refractivity contribution is 5.71. The molecule has 3 nitrogen and oxygen atoms in total. The molecule has 2 aromatic rings. The maximum Gasteiger partial charge on any atom is 0.135 e. The van der Waals surface area contributed by atoms with Crippen molar-refractivity contribution in [2.24, 2.45) is 7.05 Å². The molecule has 5 heteroatoms. The molecule has 0 amide bonds. The van der Waals surface area contributed by atoms with Gasteiger partial charge < -0.3 is 10.3 Å². The molecule has 0 fully saturated rings. The Labute approximate surface area is 104 Å². The van der Waals surface area contributed by atoms with Crippen LogP contribution in [0.25, 0.3) is 11.3 Å². The van der Waals surface area contributed by atoms with Gasteiger partial charge in [0.1, 0.15) is 29.0 Å². The Morgan fingerprint density at radius 2 is 2.06 bits per heavy atom. The van der Waals surface area contributed by atoms with Crippen LogP contribution < -0.4 is 5.73 Å². The Balaban J connectivity index is 2.53. The van der Waals surface area contributed by atoms with Crippen molar-refractivity contribution < 1.29 is 8.78 Å². The lowest BCUT2D eigenvalue weighted by Crippen LogP contribution is -2.01. The van der Waals surface area contributed by atoms with Crippen molar-refractivity contribution in [3.05, 3.63) is 35.7 Å². The summed E-state index contributed by atoms with van der Waals surface area (Å²) in [6.07, 6.45) is 1.69. The van der Waals surface area contributed by atoms with Crippen LogP contribution in [0.4, 0.5) is 14.6 Å². The van der Waals surface area contributed by atoms with Gasteiger partial charge in [-0.15, -0.1) is 0 Å².